The SMILES string of the molecule is C=CCCCC(=O)O[C@@H](C=C)[C@H](C)[C@@H](O)/C(C)=C/CC(C)C. The largest absolute Gasteiger partial charge is 0.458 e. The van der Waals surface area contributed by atoms with Crippen molar-refractivity contribution >= 4 is 5.97 Å². The highest BCUT2D eigenvalue weighted by atomic mass is 16.5. The maximum atomic E-state index is 11.8. The summed E-state index contributed by atoms with van der Waals surface area (Å²) < 4.78 is 5.43. The number of aliphatic hydroxyl groups is 1. The predicted octanol–water partition coefficient (Wildman–Crippen LogP) is 4.43. The first-order chi connectivity index (χ1) is 10.3. The molecule has 0 aromatic carbocycles. The van der Waals surface area contributed by atoms with E-state index in [0.29, 0.717) is 12.3 Å². The Morgan fingerprint density at radius 2 is 1.91 bits per heavy atom. The number of esters is 1. The van der Waals surface area contributed by atoms with Crippen LogP contribution in [0.1, 0.15) is 53.4 Å². The Morgan fingerprint density at radius 1 is 1.27 bits per heavy atom. The van der Waals surface area contributed by atoms with Crippen molar-refractivity contribution in [3.8, 4) is 0 Å². The van der Waals surface area contributed by atoms with Gasteiger partial charge in [0.25, 0.3) is 0 Å². The Bertz CT molecular complexity index is 382. The third kappa shape index (κ3) is 8.18. The second kappa shape index (κ2) is 11.2. The monoisotopic (exact) mass is 308 g/mol. The van der Waals surface area contributed by atoms with E-state index in [1.165, 1.54) is 0 Å². The summed E-state index contributed by atoms with van der Waals surface area (Å²) in [5.74, 6) is 0.0780. The average Bonchev–Trinajstić information content (AvgIpc) is 2.48. The highest BCUT2D eigenvalue weighted by molar-refractivity contribution is 5.69. The normalized spacial score (nSPS) is 16.0. The molecule has 0 unspecified atom stereocenters. The van der Waals surface area contributed by atoms with Crippen LogP contribution in [0.2, 0.25) is 0 Å². The molecular weight excluding hydrogens is 276 g/mol. The quantitative estimate of drug-likeness (QED) is 0.349. The molecule has 0 aliphatic heterocycles. The van der Waals surface area contributed by atoms with Crippen LogP contribution < -0.4 is 0 Å². The Hall–Kier alpha value is -1.35. The minimum absolute atomic E-state index is 0.218. The van der Waals surface area contributed by atoms with E-state index in [1.54, 1.807) is 12.2 Å². The number of carbonyl (C=O) groups excluding carboxylic acids is 1. The maximum absolute atomic E-state index is 11.8. The van der Waals surface area contributed by atoms with Gasteiger partial charge in [-0.05, 0) is 37.7 Å². The van der Waals surface area contributed by atoms with E-state index in [1.807, 2.05) is 13.8 Å². The van der Waals surface area contributed by atoms with Crippen molar-refractivity contribution in [1.82, 2.24) is 0 Å². The van der Waals surface area contributed by atoms with Gasteiger partial charge in [0.15, 0.2) is 0 Å². The van der Waals surface area contributed by atoms with Crippen molar-refractivity contribution in [3.63, 3.8) is 0 Å². The third-order valence-electron chi connectivity index (χ3n) is 3.68. The molecule has 0 spiro atoms. The smallest absolute Gasteiger partial charge is 0.306 e. The van der Waals surface area contributed by atoms with Crippen molar-refractivity contribution in [2.75, 3.05) is 0 Å². The minimum atomic E-state index is -0.636. The van der Waals surface area contributed by atoms with Gasteiger partial charge >= 0.3 is 5.97 Å². The van der Waals surface area contributed by atoms with Crippen LogP contribution in [0.15, 0.2) is 37.0 Å². The molecular formula is C19H32O3. The zero-order valence-electron chi connectivity index (χ0n) is 14.5. The van der Waals surface area contributed by atoms with Crippen LogP contribution >= 0.6 is 0 Å². The summed E-state index contributed by atoms with van der Waals surface area (Å²) in [7, 11) is 0. The molecule has 0 rings (SSSR count). The van der Waals surface area contributed by atoms with Gasteiger partial charge in [-0.25, -0.2) is 0 Å². The minimum Gasteiger partial charge on any atom is -0.458 e. The molecule has 1 N–H and O–H groups in total. The van der Waals surface area contributed by atoms with E-state index >= 15 is 0 Å². The molecule has 0 saturated carbocycles. The van der Waals surface area contributed by atoms with Crippen molar-refractivity contribution < 1.29 is 14.6 Å². The van der Waals surface area contributed by atoms with Crippen LogP contribution in [-0.4, -0.2) is 23.3 Å². The molecule has 3 atom stereocenters. The Labute approximate surface area is 135 Å². The van der Waals surface area contributed by atoms with Gasteiger partial charge in [0.2, 0.25) is 0 Å². The first-order valence-corrected chi connectivity index (χ1v) is 8.11. The number of hydrogen-bond donors (Lipinski definition) is 1. The molecule has 0 aliphatic carbocycles. The summed E-state index contributed by atoms with van der Waals surface area (Å²) in [5.41, 5.74) is 0.913. The van der Waals surface area contributed by atoms with E-state index in [4.69, 9.17) is 4.74 Å². The first-order valence-electron chi connectivity index (χ1n) is 8.11. The van der Waals surface area contributed by atoms with Crippen molar-refractivity contribution in [2.24, 2.45) is 11.8 Å². The first kappa shape index (κ1) is 20.6. The third-order valence-corrected chi connectivity index (χ3v) is 3.68. The van der Waals surface area contributed by atoms with Crippen LogP contribution in [0, 0.1) is 11.8 Å². The average molecular weight is 308 g/mol. The molecule has 0 aliphatic rings. The van der Waals surface area contributed by atoms with Crippen molar-refractivity contribution in [3.05, 3.63) is 37.0 Å². The number of hydrogen-bond acceptors (Lipinski definition) is 3. The lowest BCUT2D eigenvalue weighted by molar-refractivity contribution is -0.150. The fraction of sp³-hybridized carbons (Fsp3) is 0.632. The maximum Gasteiger partial charge on any atom is 0.306 e. The molecule has 0 heterocycles. The van der Waals surface area contributed by atoms with Crippen molar-refractivity contribution in [1.29, 1.82) is 0 Å². The summed E-state index contributed by atoms with van der Waals surface area (Å²) >= 11 is 0. The lowest BCUT2D eigenvalue weighted by Crippen LogP contribution is -2.32. The van der Waals surface area contributed by atoms with E-state index in [0.717, 1.165) is 24.8 Å². The Morgan fingerprint density at radius 3 is 2.41 bits per heavy atom. The van der Waals surface area contributed by atoms with Crippen LogP contribution in [0.25, 0.3) is 0 Å². The second-order valence-corrected chi connectivity index (χ2v) is 6.25. The number of rotatable bonds is 11. The highest BCUT2D eigenvalue weighted by Crippen LogP contribution is 2.21. The predicted molar refractivity (Wildman–Crippen MR) is 92.5 cm³/mol. The molecule has 0 fully saturated rings. The number of aliphatic hydroxyl groups excluding tert-OH is 1. The topological polar surface area (TPSA) is 46.5 Å². The van der Waals surface area contributed by atoms with Gasteiger partial charge in [0.1, 0.15) is 6.10 Å². The van der Waals surface area contributed by atoms with Gasteiger partial charge in [0, 0.05) is 12.3 Å². The zero-order valence-corrected chi connectivity index (χ0v) is 14.5. The molecule has 126 valence electrons. The second-order valence-electron chi connectivity index (χ2n) is 6.25. The molecule has 0 aromatic heterocycles. The van der Waals surface area contributed by atoms with Gasteiger partial charge < -0.3 is 9.84 Å². The van der Waals surface area contributed by atoms with Gasteiger partial charge in [-0.1, -0.05) is 45.6 Å². The van der Waals surface area contributed by atoms with Gasteiger partial charge in [0.05, 0.1) is 6.10 Å². The number of ether oxygens (including phenoxy) is 1. The number of carbonyl (C=O) groups is 1. The van der Waals surface area contributed by atoms with E-state index in [-0.39, 0.29) is 11.9 Å². The fourth-order valence-electron chi connectivity index (χ4n) is 2.11. The van der Waals surface area contributed by atoms with Crippen LogP contribution in [0.4, 0.5) is 0 Å². The summed E-state index contributed by atoms with van der Waals surface area (Å²) in [5, 5.41) is 10.4. The lowest BCUT2D eigenvalue weighted by atomic mass is 9.91. The zero-order chi connectivity index (χ0) is 17.1. The molecule has 0 bridgehead atoms. The van der Waals surface area contributed by atoms with E-state index in [9.17, 15) is 9.90 Å². The van der Waals surface area contributed by atoms with Gasteiger partial charge in [-0.2, -0.15) is 0 Å². The number of allylic oxidation sites excluding steroid dienone is 2. The molecule has 22 heavy (non-hydrogen) atoms. The van der Waals surface area contributed by atoms with Gasteiger partial charge in [-0.3, -0.25) is 4.79 Å². The Kier molecular flexibility index (Phi) is 10.6. The van der Waals surface area contributed by atoms with Crippen LogP contribution in [0.3, 0.4) is 0 Å². The lowest BCUT2D eigenvalue weighted by Gasteiger charge is -2.26. The highest BCUT2D eigenvalue weighted by Gasteiger charge is 2.26. The summed E-state index contributed by atoms with van der Waals surface area (Å²) in [6, 6.07) is 0. The molecule has 3 nitrogen and oxygen atoms in total. The molecule has 0 radical (unpaired) electrons. The standard InChI is InChI=1S/C19H32O3/c1-7-9-10-11-18(20)22-17(8-2)16(6)19(21)15(5)13-12-14(3)4/h7-8,13-14,16-17,19,21H,1-2,9-12H2,3-6H3/b15-13+/t16-,17-,19-/m0/s1. The molecule has 0 aromatic rings. The molecule has 3 heteroatoms. The number of unbranched alkanes of at least 4 members (excludes halogenated alkanes) is 1. The Balaban J connectivity index is 4.58. The molecule has 0 amide bonds. The summed E-state index contributed by atoms with van der Waals surface area (Å²) in [6.45, 7) is 15.4. The van der Waals surface area contributed by atoms with Gasteiger partial charge in [-0.15, -0.1) is 6.58 Å². The van der Waals surface area contributed by atoms with Crippen molar-refractivity contribution in [2.45, 2.75) is 65.6 Å². The summed E-state index contributed by atoms with van der Waals surface area (Å²) in [4.78, 5) is 11.8. The summed E-state index contributed by atoms with van der Waals surface area (Å²) in [6.07, 6.45) is 7.13. The fourth-order valence-corrected chi connectivity index (χ4v) is 2.11. The van der Waals surface area contributed by atoms with Crippen LogP contribution in [-0.2, 0) is 9.53 Å². The van der Waals surface area contributed by atoms with Crippen LogP contribution in [0.5, 0.6) is 0 Å². The van der Waals surface area contributed by atoms with E-state index < -0.39 is 12.2 Å². The van der Waals surface area contributed by atoms with E-state index in [2.05, 4.69) is 33.1 Å². The molecule has 0 saturated heterocycles.